The second-order valence-corrected chi connectivity index (χ2v) is 1.31. The van der Waals surface area contributed by atoms with Crippen LogP contribution >= 0.6 is 12.6 Å². The molecule has 2 nitrogen and oxygen atoms in total. The normalized spacial score (nSPS) is 7.00. The summed E-state index contributed by atoms with van der Waals surface area (Å²) >= 11 is 3.68. The predicted molar refractivity (Wildman–Crippen MR) is 34.1 cm³/mol. The van der Waals surface area contributed by atoms with E-state index in [1.165, 1.54) is 0 Å². The summed E-state index contributed by atoms with van der Waals surface area (Å²) in [5, 5.41) is 7.86. The minimum Gasteiger partial charge on any atom is -1.00 e. The van der Waals surface area contributed by atoms with Gasteiger partial charge in [-0.3, -0.25) is 4.79 Å². The fraction of sp³-hybridized carbons (Fsp3) is 0.667. The van der Waals surface area contributed by atoms with Crippen molar-refractivity contribution in [2.75, 3.05) is 5.75 Å². The minimum atomic E-state index is -0.787. The molecular weight excluding hydrogens is 237 g/mol. The molecule has 0 aliphatic rings. The van der Waals surface area contributed by atoms with Gasteiger partial charge < -0.3 is 7.96 Å². The van der Waals surface area contributed by atoms with Crippen LogP contribution in [0.3, 0.4) is 0 Å². The van der Waals surface area contributed by atoms with Crippen LogP contribution in [0.1, 0.15) is 9.27 Å². The fourth-order valence-corrected chi connectivity index (χ4v) is 0.287. The molecule has 0 aliphatic carbocycles. The molecule has 7 heavy (non-hydrogen) atoms. The van der Waals surface area contributed by atoms with E-state index >= 15 is 0 Å². The van der Waals surface area contributed by atoms with E-state index in [0.717, 1.165) is 0 Å². The summed E-state index contributed by atoms with van der Waals surface area (Å²) in [5.41, 5.74) is 0. The molecule has 0 fully saturated rings. The van der Waals surface area contributed by atoms with E-state index in [4.69, 9.17) is 5.11 Å². The maximum Gasteiger partial charge on any atom is 2.00 e. The van der Waals surface area contributed by atoms with E-state index in [0.29, 0.717) is 5.75 Å². The third kappa shape index (κ3) is 11.1. The molecule has 0 saturated carbocycles. The first-order chi connectivity index (χ1) is 2.77. The van der Waals surface area contributed by atoms with Crippen molar-refractivity contribution < 1.29 is 12.8 Å². The van der Waals surface area contributed by atoms with Crippen LogP contribution in [0.2, 0.25) is 0 Å². The van der Waals surface area contributed by atoms with Crippen molar-refractivity contribution in [3.63, 3.8) is 0 Å². The quantitative estimate of drug-likeness (QED) is 0.540. The second kappa shape index (κ2) is 7.39. The minimum absolute atomic E-state index is 0. The third-order valence-corrected chi connectivity index (χ3v) is 0.549. The topological polar surface area (TPSA) is 37.3 Å². The van der Waals surface area contributed by atoms with Crippen LogP contribution in [0.4, 0.5) is 0 Å². The number of carboxylic acid groups (broad SMARTS) is 1. The Balaban J connectivity index is -0.0000000417. The molecule has 0 aromatic heterocycles. The fourth-order valence-electron chi connectivity index (χ4n) is 0.0956. The Bertz CT molecular complexity index is 63.8. The Morgan fingerprint density at radius 1 is 1.86 bits per heavy atom. The molecule has 0 rings (SSSR count). The van der Waals surface area contributed by atoms with Crippen LogP contribution in [-0.4, -0.2) is 65.7 Å². The molecule has 1 N–H and O–H groups in total. The number of aliphatic carboxylic acids is 1. The van der Waals surface area contributed by atoms with Crippen molar-refractivity contribution in [3.05, 3.63) is 0 Å². The van der Waals surface area contributed by atoms with Gasteiger partial charge in [-0.15, -0.1) is 0 Å². The summed E-state index contributed by atoms with van der Waals surface area (Å²) in [6.07, 6.45) is 0.156. The Hall–Kier alpha value is 1.39. The van der Waals surface area contributed by atoms with Crippen LogP contribution < -0.4 is 0 Å². The van der Waals surface area contributed by atoms with Crippen molar-refractivity contribution in [3.8, 4) is 0 Å². The average Bonchev–Trinajstić information content (AvgIpc) is 1.35. The van der Waals surface area contributed by atoms with Crippen LogP contribution in [0.15, 0.2) is 0 Å². The Labute approximate surface area is 91.1 Å². The van der Waals surface area contributed by atoms with Crippen molar-refractivity contribution in [2.45, 2.75) is 6.42 Å². The van der Waals surface area contributed by atoms with Gasteiger partial charge in [0.2, 0.25) is 0 Å². The van der Waals surface area contributed by atoms with Gasteiger partial charge in [-0.2, -0.15) is 12.6 Å². The number of carboxylic acids is 1. The summed E-state index contributed by atoms with van der Waals surface area (Å²) in [4.78, 5) is 9.55. The second-order valence-electron chi connectivity index (χ2n) is 0.867. The molecule has 0 spiro atoms. The van der Waals surface area contributed by atoms with Crippen molar-refractivity contribution in [2.24, 2.45) is 0 Å². The molecule has 4 heteroatoms. The first kappa shape index (κ1) is 11.2. The molecule has 0 atom stereocenters. The summed E-state index contributed by atoms with van der Waals surface area (Å²) in [7, 11) is 0. The van der Waals surface area contributed by atoms with Gasteiger partial charge in [0.05, 0.1) is 6.42 Å². The van der Waals surface area contributed by atoms with E-state index in [9.17, 15) is 4.79 Å². The summed E-state index contributed by atoms with van der Waals surface area (Å²) < 4.78 is 0. The first-order valence-electron chi connectivity index (χ1n) is 1.60. The molecule has 0 amide bonds. The Kier molecular flexibility index (Phi) is 11.9. The van der Waals surface area contributed by atoms with E-state index in [-0.39, 0.29) is 58.2 Å². The summed E-state index contributed by atoms with van der Waals surface area (Å²) in [5.74, 6) is -0.361. The van der Waals surface area contributed by atoms with Gasteiger partial charge in [-0.05, 0) is 0 Å². The SMILES string of the molecule is O=C(O)CCS.[Ba+2].[H-].[H-]. The molecule has 0 aromatic carbocycles. The monoisotopic (exact) mass is 246 g/mol. The third-order valence-electron chi connectivity index (χ3n) is 0.326. The predicted octanol–water partition coefficient (Wildman–Crippen LogP) is 0.235. The van der Waals surface area contributed by atoms with Gasteiger partial charge in [0, 0.05) is 5.75 Å². The van der Waals surface area contributed by atoms with Gasteiger partial charge >= 0.3 is 54.9 Å². The van der Waals surface area contributed by atoms with Crippen LogP contribution in [-0.2, 0) is 4.79 Å². The maximum atomic E-state index is 9.55. The van der Waals surface area contributed by atoms with Crippen LogP contribution in [0, 0.1) is 0 Å². The van der Waals surface area contributed by atoms with E-state index in [1.54, 1.807) is 0 Å². The molecule has 40 valence electrons. The molecule has 0 bridgehead atoms. The molecule has 0 aliphatic heterocycles. The summed E-state index contributed by atoms with van der Waals surface area (Å²) in [6.45, 7) is 0. The smallest absolute Gasteiger partial charge is 1.00 e. The van der Waals surface area contributed by atoms with Gasteiger partial charge in [0.25, 0.3) is 0 Å². The molecule has 0 unspecified atom stereocenters. The average molecular weight is 245 g/mol. The van der Waals surface area contributed by atoms with Gasteiger partial charge in [0.15, 0.2) is 0 Å². The Morgan fingerprint density at radius 3 is 2.29 bits per heavy atom. The van der Waals surface area contributed by atoms with Crippen molar-refractivity contribution >= 4 is 67.5 Å². The van der Waals surface area contributed by atoms with E-state index < -0.39 is 5.97 Å². The van der Waals surface area contributed by atoms with Gasteiger partial charge in [-0.25, -0.2) is 0 Å². The van der Waals surface area contributed by atoms with Crippen LogP contribution in [0.5, 0.6) is 0 Å². The number of hydrogen-bond donors (Lipinski definition) is 2. The standard InChI is InChI=1S/C3H6O2S.Ba.2H/c4-3(5)1-2-6;;;/h6H,1-2H2,(H,4,5);;;/q;+2;2*-1. The van der Waals surface area contributed by atoms with E-state index in [1.807, 2.05) is 0 Å². The maximum absolute atomic E-state index is 9.55. The molecule has 0 heterocycles. The molecule has 0 radical (unpaired) electrons. The zero-order valence-electron chi connectivity index (χ0n) is 5.92. The number of thiol groups is 1. The number of carbonyl (C=O) groups is 1. The number of rotatable bonds is 2. The molecule has 0 saturated heterocycles. The van der Waals surface area contributed by atoms with Crippen LogP contribution in [0.25, 0.3) is 0 Å². The largest absolute Gasteiger partial charge is 2.00 e. The first-order valence-corrected chi connectivity index (χ1v) is 2.23. The zero-order valence-corrected chi connectivity index (χ0v) is 9.26. The number of hydrogen-bond acceptors (Lipinski definition) is 2. The molecule has 0 aromatic rings. The Morgan fingerprint density at radius 2 is 2.29 bits per heavy atom. The van der Waals surface area contributed by atoms with E-state index in [2.05, 4.69) is 12.6 Å². The molecular formula is C3H8BaO2S. The van der Waals surface area contributed by atoms with Crippen molar-refractivity contribution in [1.82, 2.24) is 0 Å². The summed E-state index contributed by atoms with van der Waals surface area (Å²) in [6, 6.07) is 0. The van der Waals surface area contributed by atoms with Crippen molar-refractivity contribution in [1.29, 1.82) is 0 Å². The van der Waals surface area contributed by atoms with Gasteiger partial charge in [0.1, 0.15) is 0 Å². The zero-order chi connectivity index (χ0) is 4.99. The van der Waals surface area contributed by atoms with Gasteiger partial charge in [-0.1, -0.05) is 0 Å².